The number of methoxy groups -OCH3 is 1. The number of nitrogens with one attached hydrogen (secondary N) is 1. The van der Waals surface area contributed by atoms with Gasteiger partial charge in [0, 0.05) is 32.7 Å². The zero-order valence-electron chi connectivity index (χ0n) is 17.9. The van der Waals surface area contributed by atoms with Crippen molar-refractivity contribution in [2.75, 3.05) is 46.4 Å². The summed E-state index contributed by atoms with van der Waals surface area (Å²) in [6.07, 6.45) is 1.52. The van der Waals surface area contributed by atoms with Gasteiger partial charge in [-0.25, -0.2) is 4.99 Å². The molecule has 0 unspecified atom stereocenters. The van der Waals surface area contributed by atoms with Gasteiger partial charge in [0.15, 0.2) is 23.2 Å². The molecule has 1 N–H and O–H groups in total. The summed E-state index contributed by atoms with van der Waals surface area (Å²) in [7, 11) is 1.64. The molecule has 1 aromatic heterocycles. The van der Waals surface area contributed by atoms with Crippen LogP contribution in [-0.2, 0) is 6.54 Å². The van der Waals surface area contributed by atoms with E-state index in [1.54, 1.807) is 19.2 Å². The van der Waals surface area contributed by atoms with Gasteiger partial charge in [-0.3, -0.25) is 4.79 Å². The van der Waals surface area contributed by atoms with Crippen LogP contribution in [0, 0.1) is 0 Å². The molecule has 1 amide bonds. The lowest BCUT2D eigenvalue weighted by Gasteiger charge is -2.36. The first-order valence-electron chi connectivity index (χ1n) is 10.3. The lowest BCUT2D eigenvalue weighted by atomic mass is 10.2. The predicted octanol–water partition coefficient (Wildman–Crippen LogP) is 2.61. The van der Waals surface area contributed by atoms with Crippen molar-refractivity contribution in [2.24, 2.45) is 4.99 Å². The summed E-state index contributed by atoms with van der Waals surface area (Å²) in [5.41, 5.74) is 1.04. The Kier molecular flexibility index (Phi) is 7.59. The number of ether oxygens (including phenoxy) is 2. The maximum atomic E-state index is 12.5. The number of carbonyl (C=O) groups excluding carboxylic acids is 1. The Morgan fingerprint density at radius 3 is 2.53 bits per heavy atom. The molecule has 1 fully saturated rings. The Labute approximate surface area is 177 Å². The van der Waals surface area contributed by atoms with Crippen LogP contribution >= 0.6 is 0 Å². The number of rotatable bonds is 7. The number of piperazine rings is 1. The van der Waals surface area contributed by atoms with Crippen molar-refractivity contribution in [3.8, 4) is 11.5 Å². The molecule has 0 bridgehead atoms. The number of aliphatic imine (C=N–C) groups is 1. The topological polar surface area (TPSA) is 79.5 Å². The molecule has 3 rings (SSSR count). The SMILES string of the molecule is CCNC(=NCc1ccc(OCC)c(OC)c1)N1CCN(C(=O)c2ccco2)CC1. The van der Waals surface area contributed by atoms with E-state index in [2.05, 4.69) is 10.2 Å². The lowest BCUT2D eigenvalue weighted by molar-refractivity contribution is 0.0657. The van der Waals surface area contributed by atoms with Crippen molar-refractivity contribution < 1.29 is 18.7 Å². The van der Waals surface area contributed by atoms with Crippen LogP contribution in [0.4, 0.5) is 0 Å². The average Bonchev–Trinajstić information content (AvgIpc) is 3.32. The summed E-state index contributed by atoms with van der Waals surface area (Å²) in [5, 5.41) is 3.35. The number of amides is 1. The number of carbonyl (C=O) groups is 1. The third-order valence-corrected chi connectivity index (χ3v) is 4.87. The van der Waals surface area contributed by atoms with Crippen LogP contribution in [0.25, 0.3) is 0 Å². The first-order chi connectivity index (χ1) is 14.7. The molecule has 8 nitrogen and oxygen atoms in total. The van der Waals surface area contributed by atoms with E-state index >= 15 is 0 Å². The van der Waals surface area contributed by atoms with E-state index in [1.165, 1.54) is 6.26 Å². The molecule has 162 valence electrons. The molecule has 2 heterocycles. The summed E-state index contributed by atoms with van der Waals surface area (Å²) in [6, 6.07) is 9.30. The first kappa shape index (κ1) is 21.5. The predicted molar refractivity (Wildman–Crippen MR) is 115 cm³/mol. The van der Waals surface area contributed by atoms with Gasteiger partial charge >= 0.3 is 0 Å². The van der Waals surface area contributed by atoms with Gasteiger partial charge in [0.25, 0.3) is 5.91 Å². The first-order valence-corrected chi connectivity index (χ1v) is 10.3. The molecule has 30 heavy (non-hydrogen) atoms. The molecule has 2 aromatic rings. The molecule has 1 aromatic carbocycles. The summed E-state index contributed by atoms with van der Waals surface area (Å²) in [5.74, 6) is 2.60. The molecule has 0 aliphatic carbocycles. The second-order valence-electron chi connectivity index (χ2n) is 6.84. The van der Waals surface area contributed by atoms with Gasteiger partial charge in [-0.2, -0.15) is 0 Å². The zero-order chi connectivity index (χ0) is 21.3. The number of furan rings is 1. The van der Waals surface area contributed by atoms with E-state index in [0.29, 0.717) is 50.8 Å². The fourth-order valence-electron chi connectivity index (χ4n) is 3.35. The molecule has 8 heteroatoms. The average molecular weight is 415 g/mol. The fraction of sp³-hybridized carbons (Fsp3) is 0.455. The van der Waals surface area contributed by atoms with Gasteiger partial charge in [0.1, 0.15) is 0 Å². The Balaban J connectivity index is 1.63. The smallest absolute Gasteiger partial charge is 0.289 e. The van der Waals surface area contributed by atoms with Gasteiger partial charge in [0.2, 0.25) is 0 Å². The van der Waals surface area contributed by atoms with E-state index < -0.39 is 0 Å². The Hall–Kier alpha value is -3.16. The van der Waals surface area contributed by atoms with Crippen LogP contribution in [0.15, 0.2) is 46.0 Å². The van der Waals surface area contributed by atoms with Crippen molar-refractivity contribution in [2.45, 2.75) is 20.4 Å². The standard InChI is InChI=1S/C22H30N4O4/c1-4-23-22(24-16-17-8-9-18(29-5-2)20(15-17)28-3)26-12-10-25(11-13-26)21(27)19-7-6-14-30-19/h6-9,14-15H,4-5,10-13,16H2,1-3H3,(H,23,24). The molecule has 1 aliphatic heterocycles. The number of hydrogen-bond donors (Lipinski definition) is 1. The fourth-order valence-corrected chi connectivity index (χ4v) is 3.35. The molecule has 0 radical (unpaired) electrons. The number of nitrogens with zero attached hydrogens (tertiary/aromatic N) is 3. The molecule has 1 aliphatic rings. The third kappa shape index (κ3) is 5.25. The van der Waals surface area contributed by atoms with Gasteiger partial charge < -0.3 is 29.0 Å². The summed E-state index contributed by atoms with van der Waals surface area (Å²) in [6.45, 7) is 8.56. The highest BCUT2D eigenvalue weighted by atomic mass is 16.5. The minimum atomic E-state index is -0.0666. The van der Waals surface area contributed by atoms with Gasteiger partial charge in [-0.15, -0.1) is 0 Å². The van der Waals surface area contributed by atoms with Gasteiger partial charge in [-0.1, -0.05) is 6.07 Å². The second kappa shape index (κ2) is 10.6. The van der Waals surface area contributed by atoms with Crippen molar-refractivity contribution in [3.63, 3.8) is 0 Å². The lowest BCUT2D eigenvalue weighted by Crippen LogP contribution is -2.53. The van der Waals surface area contributed by atoms with Gasteiger partial charge in [0.05, 0.1) is 26.5 Å². The summed E-state index contributed by atoms with van der Waals surface area (Å²) >= 11 is 0. The maximum absolute atomic E-state index is 12.5. The third-order valence-electron chi connectivity index (χ3n) is 4.87. The number of benzene rings is 1. The molecule has 1 saturated heterocycles. The van der Waals surface area contributed by atoms with Crippen molar-refractivity contribution in [3.05, 3.63) is 47.9 Å². The summed E-state index contributed by atoms with van der Waals surface area (Å²) < 4.78 is 16.2. The minimum absolute atomic E-state index is 0.0666. The highest BCUT2D eigenvalue weighted by molar-refractivity contribution is 5.91. The monoisotopic (exact) mass is 414 g/mol. The Morgan fingerprint density at radius 2 is 1.90 bits per heavy atom. The zero-order valence-corrected chi connectivity index (χ0v) is 17.9. The largest absolute Gasteiger partial charge is 0.493 e. The van der Waals surface area contributed by atoms with Crippen LogP contribution in [-0.4, -0.2) is 68.1 Å². The van der Waals surface area contributed by atoms with E-state index in [9.17, 15) is 4.79 Å². The molecular weight excluding hydrogens is 384 g/mol. The van der Waals surface area contributed by atoms with E-state index in [1.807, 2.05) is 36.9 Å². The number of hydrogen-bond acceptors (Lipinski definition) is 5. The van der Waals surface area contributed by atoms with E-state index in [4.69, 9.17) is 18.9 Å². The van der Waals surface area contributed by atoms with Gasteiger partial charge in [-0.05, 0) is 43.7 Å². The van der Waals surface area contributed by atoms with E-state index in [0.717, 1.165) is 23.8 Å². The number of guanidine groups is 1. The van der Waals surface area contributed by atoms with Crippen LogP contribution in [0.3, 0.4) is 0 Å². The van der Waals surface area contributed by atoms with Crippen LogP contribution in [0.1, 0.15) is 30.0 Å². The molecular formula is C22H30N4O4. The normalized spacial score (nSPS) is 14.6. The van der Waals surface area contributed by atoms with Crippen LogP contribution < -0.4 is 14.8 Å². The quantitative estimate of drug-likeness (QED) is 0.554. The van der Waals surface area contributed by atoms with Crippen LogP contribution in [0.2, 0.25) is 0 Å². The second-order valence-corrected chi connectivity index (χ2v) is 6.84. The highest BCUT2D eigenvalue weighted by Gasteiger charge is 2.25. The van der Waals surface area contributed by atoms with Crippen molar-refractivity contribution >= 4 is 11.9 Å². The highest BCUT2D eigenvalue weighted by Crippen LogP contribution is 2.28. The summed E-state index contributed by atoms with van der Waals surface area (Å²) in [4.78, 5) is 21.2. The van der Waals surface area contributed by atoms with E-state index in [-0.39, 0.29) is 5.91 Å². The maximum Gasteiger partial charge on any atom is 0.289 e. The minimum Gasteiger partial charge on any atom is -0.493 e. The van der Waals surface area contributed by atoms with Crippen molar-refractivity contribution in [1.82, 2.24) is 15.1 Å². The Bertz CT molecular complexity index is 843. The van der Waals surface area contributed by atoms with Crippen molar-refractivity contribution in [1.29, 1.82) is 0 Å². The molecule has 0 saturated carbocycles. The van der Waals surface area contributed by atoms with Crippen LogP contribution in [0.5, 0.6) is 11.5 Å². The molecule has 0 atom stereocenters. The molecule has 0 spiro atoms. The Morgan fingerprint density at radius 1 is 1.13 bits per heavy atom.